The third-order valence-electron chi connectivity index (χ3n) is 2.78. The summed E-state index contributed by atoms with van der Waals surface area (Å²) in [7, 11) is 1.82. The van der Waals surface area contributed by atoms with E-state index in [1.165, 1.54) is 6.07 Å². The largest absolute Gasteiger partial charge is 0.299 e. The van der Waals surface area contributed by atoms with Gasteiger partial charge in [-0.3, -0.25) is 9.48 Å². The number of carbonyl (C=O) groups excluding carboxylic acids is 1. The Hall–Kier alpha value is -1.97. The first-order valence-corrected chi connectivity index (χ1v) is 5.79. The average molecular weight is 246 g/mol. The van der Waals surface area contributed by atoms with Gasteiger partial charge in [-0.1, -0.05) is 12.1 Å². The quantitative estimate of drug-likeness (QED) is 0.829. The minimum atomic E-state index is -0.238. The van der Waals surface area contributed by atoms with E-state index in [0.717, 1.165) is 11.1 Å². The molecular weight excluding hydrogens is 231 g/mol. The molecule has 0 saturated heterocycles. The number of aromatic nitrogens is 2. The Morgan fingerprint density at radius 1 is 1.33 bits per heavy atom. The van der Waals surface area contributed by atoms with Gasteiger partial charge in [0.05, 0.1) is 6.20 Å². The molecule has 0 radical (unpaired) electrons. The van der Waals surface area contributed by atoms with E-state index in [2.05, 4.69) is 5.10 Å². The van der Waals surface area contributed by atoms with E-state index in [1.807, 2.05) is 13.2 Å². The molecule has 0 amide bonds. The first kappa shape index (κ1) is 12.5. The normalized spacial score (nSPS) is 10.6. The van der Waals surface area contributed by atoms with Crippen LogP contribution in [0.4, 0.5) is 4.39 Å². The van der Waals surface area contributed by atoms with Gasteiger partial charge >= 0.3 is 0 Å². The Morgan fingerprint density at radius 3 is 2.67 bits per heavy atom. The molecule has 0 N–H and O–H groups in total. The van der Waals surface area contributed by atoms with Gasteiger partial charge in [-0.2, -0.15) is 5.10 Å². The fourth-order valence-corrected chi connectivity index (χ4v) is 1.90. The van der Waals surface area contributed by atoms with Crippen LogP contribution in [0.15, 0.2) is 30.6 Å². The second-order valence-electron chi connectivity index (χ2n) is 4.50. The molecule has 2 rings (SSSR count). The number of halogens is 1. The Labute approximate surface area is 105 Å². The predicted molar refractivity (Wildman–Crippen MR) is 66.8 cm³/mol. The molecule has 94 valence electrons. The van der Waals surface area contributed by atoms with Crippen molar-refractivity contribution in [3.63, 3.8) is 0 Å². The van der Waals surface area contributed by atoms with Crippen LogP contribution in [0.2, 0.25) is 0 Å². The van der Waals surface area contributed by atoms with Crippen LogP contribution in [0.1, 0.15) is 16.7 Å². The predicted octanol–water partition coefficient (Wildman–Crippen LogP) is 2.22. The SMILES string of the molecule is Cc1cc(CC(=O)Cc2cnn(C)c2)ccc1F. The summed E-state index contributed by atoms with van der Waals surface area (Å²) in [6, 6.07) is 4.78. The highest BCUT2D eigenvalue weighted by Gasteiger charge is 2.08. The molecule has 2 aromatic rings. The average Bonchev–Trinajstić information content (AvgIpc) is 2.69. The molecule has 0 atom stereocenters. The van der Waals surface area contributed by atoms with Crippen molar-refractivity contribution in [1.82, 2.24) is 9.78 Å². The second kappa shape index (κ2) is 5.12. The molecule has 18 heavy (non-hydrogen) atoms. The monoisotopic (exact) mass is 246 g/mol. The second-order valence-corrected chi connectivity index (χ2v) is 4.50. The fraction of sp³-hybridized carbons (Fsp3) is 0.286. The summed E-state index contributed by atoms with van der Waals surface area (Å²) >= 11 is 0. The molecule has 1 aromatic heterocycles. The summed E-state index contributed by atoms with van der Waals surface area (Å²) in [6.07, 6.45) is 4.21. The lowest BCUT2D eigenvalue weighted by atomic mass is 10.0. The smallest absolute Gasteiger partial charge is 0.141 e. The molecule has 0 bridgehead atoms. The molecule has 0 aliphatic heterocycles. The summed E-state index contributed by atoms with van der Waals surface area (Å²) in [5, 5.41) is 4.02. The number of hydrogen-bond donors (Lipinski definition) is 0. The third kappa shape index (κ3) is 3.03. The van der Waals surface area contributed by atoms with Crippen molar-refractivity contribution in [2.45, 2.75) is 19.8 Å². The zero-order valence-electron chi connectivity index (χ0n) is 10.5. The zero-order valence-corrected chi connectivity index (χ0v) is 10.5. The van der Waals surface area contributed by atoms with E-state index in [1.54, 1.807) is 29.9 Å². The van der Waals surface area contributed by atoms with Gasteiger partial charge in [-0.15, -0.1) is 0 Å². The lowest BCUT2D eigenvalue weighted by Gasteiger charge is -2.02. The molecule has 3 nitrogen and oxygen atoms in total. The first-order valence-electron chi connectivity index (χ1n) is 5.79. The van der Waals surface area contributed by atoms with Crippen molar-refractivity contribution < 1.29 is 9.18 Å². The molecule has 0 aliphatic carbocycles. The summed E-state index contributed by atoms with van der Waals surface area (Å²) in [5.74, 6) is -0.132. The molecule has 1 heterocycles. The van der Waals surface area contributed by atoms with E-state index in [4.69, 9.17) is 0 Å². The number of carbonyl (C=O) groups is 1. The highest BCUT2D eigenvalue weighted by atomic mass is 19.1. The molecule has 0 fully saturated rings. The van der Waals surface area contributed by atoms with Crippen LogP contribution in [-0.4, -0.2) is 15.6 Å². The van der Waals surface area contributed by atoms with E-state index >= 15 is 0 Å². The van der Waals surface area contributed by atoms with Crippen LogP contribution < -0.4 is 0 Å². The van der Waals surface area contributed by atoms with E-state index in [9.17, 15) is 9.18 Å². The molecule has 0 spiro atoms. The van der Waals surface area contributed by atoms with Gasteiger partial charge in [0.1, 0.15) is 11.6 Å². The molecule has 4 heteroatoms. The topological polar surface area (TPSA) is 34.9 Å². The van der Waals surface area contributed by atoms with Crippen molar-refractivity contribution in [2.24, 2.45) is 7.05 Å². The number of ketones is 1. The summed E-state index contributed by atoms with van der Waals surface area (Å²) < 4.78 is 14.8. The van der Waals surface area contributed by atoms with Crippen LogP contribution >= 0.6 is 0 Å². The standard InChI is InChI=1S/C14H15FN2O/c1-10-5-11(3-4-14(10)15)6-13(18)7-12-8-16-17(2)9-12/h3-5,8-9H,6-7H2,1-2H3. The minimum absolute atomic E-state index is 0.106. The molecule has 0 unspecified atom stereocenters. The zero-order chi connectivity index (χ0) is 13.1. The van der Waals surface area contributed by atoms with Gasteiger partial charge in [0.2, 0.25) is 0 Å². The fourth-order valence-electron chi connectivity index (χ4n) is 1.90. The number of nitrogens with zero attached hydrogens (tertiary/aromatic N) is 2. The van der Waals surface area contributed by atoms with Gasteiger partial charge in [-0.25, -0.2) is 4.39 Å². The van der Waals surface area contributed by atoms with Gasteiger partial charge in [0, 0.05) is 26.1 Å². The Morgan fingerprint density at radius 2 is 2.06 bits per heavy atom. The van der Waals surface area contributed by atoms with Gasteiger partial charge in [-0.05, 0) is 29.7 Å². The first-order chi connectivity index (χ1) is 8.54. The van der Waals surface area contributed by atoms with Crippen LogP contribution in [-0.2, 0) is 24.7 Å². The van der Waals surface area contributed by atoms with Gasteiger partial charge in [0.25, 0.3) is 0 Å². The third-order valence-corrected chi connectivity index (χ3v) is 2.78. The number of benzene rings is 1. The van der Waals surface area contributed by atoms with Crippen molar-refractivity contribution in [3.05, 3.63) is 53.1 Å². The maximum absolute atomic E-state index is 13.1. The van der Waals surface area contributed by atoms with Crippen molar-refractivity contribution in [2.75, 3.05) is 0 Å². The summed E-state index contributed by atoms with van der Waals surface area (Å²) in [5.41, 5.74) is 2.32. The van der Waals surface area contributed by atoms with Crippen molar-refractivity contribution in [1.29, 1.82) is 0 Å². The Kier molecular flexibility index (Phi) is 3.55. The Bertz CT molecular complexity index is 575. The van der Waals surface area contributed by atoms with Crippen molar-refractivity contribution >= 4 is 5.78 Å². The van der Waals surface area contributed by atoms with E-state index < -0.39 is 0 Å². The van der Waals surface area contributed by atoms with Crippen LogP contribution in [0.5, 0.6) is 0 Å². The maximum Gasteiger partial charge on any atom is 0.141 e. The highest BCUT2D eigenvalue weighted by molar-refractivity contribution is 5.83. The lowest BCUT2D eigenvalue weighted by Crippen LogP contribution is -2.06. The van der Waals surface area contributed by atoms with Crippen molar-refractivity contribution in [3.8, 4) is 0 Å². The number of hydrogen-bond acceptors (Lipinski definition) is 2. The highest BCUT2D eigenvalue weighted by Crippen LogP contribution is 2.11. The molecular formula is C14H15FN2O. The Balaban J connectivity index is 2.00. The van der Waals surface area contributed by atoms with Gasteiger partial charge < -0.3 is 0 Å². The number of rotatable bonds is 4. The van der Waals surface area contributed by atoms with Crippen LogP contribution in [0.3, 0.4) is 0 Å². The van der Waals surface area contributed by atoms with E-state index in [-0.39, 0.29) is 11.6 Å². The lowest BCUT2D eigenvalue weighted by molar-refractivity contribution is -0.117. The van der Waals surface area contributed by atoms with Gasteiger partial charge in [0.15, 0.2) is 0 Å². The maximum atomic E-state index is 13.1. The van der Waals surface area contributed by atoms with Crippen LogP contribution in [0, 0.1) is 12.7 Å². The molecule has 0 aliphatic rings. The summed E-state index contributed by atoms with van der Waals surface area (Å²) in [6.45, 7) is 1.70. The molecule has 1 aromatic carbocycles. The number of aryl methyl sites for hydroxylation is 2. The minimum Gasteiger partial charge on any atom is -0.299 e. The number of Topliss-reactive ketones (excluding diaryl/α,β-unsaturated/α-hetero) is 1. The summed E-state index contributed by atoms with van der Waals surface area (Å²) in [4.78, 5) is 11.9. The van der Waals surface area contributed by atoms with E-state index in [0.29, 0.717) is 18.4 Å². The van der Waals surface area contributed by atoms with Crippen LogP contribution in [0.25, 0.3) is 0 Å². The molecule has 0 saturated carbocycles.